The molecule has 0 radical (unpaired) electrons. The Labute approximate surface area is 91.1 Å². The van der Waals surface area contributed by atoms with Gasteiger partial charge in [0, 0.05) is 13.0 Å². The molecule has 0 aromatic rings. The smallest absolute Gasteiger partial charge is 0.219 e. The topological polar surface area (TPSA) is 49.3 Å². The van der Waals surface area contributed by atoms with E-state index in [0.717, 1.165) is 19.3 Å². The summed E-state index contributed by atoms with van der Waals surface area (Å²) in [6.07, 6.45) is 3.77. The summed E-state index contributed by atoms with van der Waals surface area (Å²) in [5, 5.41) is 11.7. The van der Waals surface area contributed by atoms with Gasteiger partial charge < -0.3 is 10.4 Å². The molecule has 0 saturated carbocycles. The number of unbranched alkanes of at least 4 members (excludes halogenated alkanes) is 2. The van der Waals surface area contributed by atoms with Crippen molar-refractivity contribution in [2.24, 2.45) is 0 Å². The molecule has 1 amide bonds. The molecule has 90 valence electrons. The highest BCUT2D eigenvalue weighted by molar-refractivity contribution is 5.75. The number of carbonyl (C=O) groups is 1. The molecule has 0 aromatic heterocycles. The van der Waals surface area contributed by atoms with Crippen LogP contribution in [0.3, 0.4) is 0 Å². The summed E-state index contributed by atoms with van der Waals surface area (Å²) in [4.78, 5) is 11.2. The monoisotopic (exact) mass is 219 g/mol. The van der Waals surface area contributed by atoms with Crippen LogP contribution in [0, 0.1) is 0 Å². The van der Waals surface area contributed by atoms with Crippen molar-refractivity contribution < 1.29 is 14.3 Å². The van der Waals surface area contributed by atoms with Gasteiger partial charge in [0.15, 0.2) is 0 Å². The van der Waals surface area contributed by atoms with E-state index in [2.05, 4.69) is 5.32 Å². The summed E-state index contributed by atoms with van der Waals surface area (Å²) in [6, 6.07) is 0. The minimum atomic E-state index is -0.300. The van der Waals surface area contributed by atoms with Crippen LogP contribution in [0.4, 0.5) is 4.39 Å². The second-order valence-electron chi connectivity index (χ2n) is 3.84. The Morgan fingerprint density at radius 2 is 2.07 bits per heavy atom. The molecule has 0 spiro atoms. The van der Waals surface area contributed by atoms with Gasteiger partial charge in [-0.3, -0.25) is 9.18 Å². The molecular weight excluding hydrogens is 197 g/mol. The number of aliphatic hydroxyl groups excluding tert-OH is 1. The standard InChI is InChI=1S/C11H22FNO2/c1-10(14)6-5-9-13-11(15)7-3-2-4-8-12/h10,14H,2-9H2,1H3,(H,13,15). The lowest BCUT2D eigenvalue weighted by atomic mass is 10.2. The number of rotatable bonds is 9. The first-order chi connectivity index (χ1) is 7.16. The highest BCUT2D eigenvalue weighted by atomic mass is 19.1. The van der Waals surface area contributed by atoms with Crippen molar-refractivity contribution in [3.05, 3.63) is 0 Å². The number of halogens is 1. The van der Waals surface area contributed by atoms with E-state index < -0.39 is 0 Å². The Balaban J connectivity index is 3.19. The maximum atomic E-state index is 11.7. The summed E-state index contributed by atoms with van der Waals surface area (Å²) in [5.41, 5.74) is 0. The number of hydrogen-bond donors (Lipinski definition) is 2. The lowest BCUT2D eigenvalue weighted by molar-refractivity contribution is -0.121. The van der Waals surface area contributed by atoms with Crippen LogP contribution in [0.25, 0.3) is 0 Å². The maximum absolute atomic E-state index is 11.7. The molecule has 1 atom stereocenters. The summed E-state index contributed by atoms with van der Waals surface area (Å²) in [5.74, 6) is 0.0273. The van der Waals surface area contributed by atoms with Gasteiger partial charge in [-0.05, 0) is 32.6 Å². The molecule has 0 aliphatic carbocycles. The lowest BCUT2D eigenvalue weighted by Gasteiger charge is -2.06. The van der Waals surface area contributed by atoms with Crippen molar-refractivity contribution in [2.75, 3.05) is 13.2 Å². The van der Waals surface area contributed by atoms with Gasteiger partial charge in [-0.25, -0.2) is 0 Å². The molecule has 3 nitrogen and oxygen atoms in total. The average Bonchev–Trinajstić information content (AvgIpc) is 2.19. The first kappa shape index (κ1) is 14.4. The molecule has 0 aliphatic rings. The van der Waals surface area contributed by atoms with Crippen LogP contribution in [0.1, 0.15) is 45.4 Å². The largest absolute Gasteiger partial charge is 0.393 e. The highest BCUT2D eigenvalue weighted by Crippen LogP contribution is 2.00. The van der Waals surface area contributed by atoms with Crippen molar-refractivity contribution in [1.82, 2.24) is 5.32 Å². The van der Waals surface area contributed by atoms with Crippen molar-refractivity contribution in [2.45, 2.75) is 51.6 Å². The number of carbonyl (C=O) groups excluding carboxylic acids is 1. The number of aliphatic hydroxyl groups is 1. The molecule has 1 unspecified atom stereocenters. The predicted molar refractivity (Wildman–Crippen MR) is 58.4 cm³/mol. The number of alkyl halides is 1. The third kappa shape index (κ3) is 11.3. The molecule has 4 heteroatoms. The van der Waals surface area contributed by atoms with Gasteiger partial charge in [-0.15, -0.1) is 0 Å². The van der Waals surface area contributed by atoms with Crippen LogP contribution in [0.15, 0.2) is 0 Å². The fourth-order valence-corrected chi connectivity index (χ4v) is 1.27. The second-order valence-corrected chi connectivity index (χ2v) is 3.84. The fraction of sp³-hybridized carbons (Fsp3) is 0.909. The first-order valence-electron chi connectivity index (χ1n) is 5.67. The zero-order valence-corrected chi connectivity index (χ0v) is 9.47. The zero-order chi connectivity index (χ0) is 11.5. The van der Waals surface area contributed by atoms with Gasteiger partial charge in [-0.1, -0.05) is 6.42 Å². The van der Waals surface area contributed by atoms with Gasteiger partial charge in [0.2, 0.25) is 5.91 Å². The van der Waals surface area contributed by atoms with E-state index in [1.54, 1.807) is 6.92 Å². The van der Waals surface area contributed by atoms with Crippen molar-refractivity contribution in [3.8, 4) is 0 Å². The van der Waals surface area contributed by atoms with E-state index in [1.807, 2.05) is 0 Å². The fourth-order valence-electron chi connectivity index (χ4n) is 1.27. The molecule has 0 aliphatic heterocycles. The van der Waals surface area contributed by atoms with E-state index in [0.29, 0.717) is 25.8 Å². The van der Waals surface area contributed by atoms with Crippen LogP contribution < -0.4 is 5.32 Å². The minimum Gasteiger partial charge on any atom is -0.393 e. The average molecular weight is 219 g/mol. The molecule has 15 heavy (non-hydrogen) atoms. The van der Waals surface area contributed by atoms with Gasteiger partial charge in [0.05, 0.1) is 12.8 Å². The quantitative estimate of drug-likeness (QED) is 0.581. The molecule has 0 fully saturated rings. The molecular formula is C11H22FNO2. The molecule has 0 bridgehead atoms. The van der Waals surface area contributed by atoms with Crippen molar-refractivity contribution in [1.29, 1.82) is 0 Å². The molecule has 0 saturated heterocycles. The van der Waals surface area contributed by atoms with Gasteiger partial charge in [-0.2, -0.15) is 0 Å². The number of amides is 1. The Bertz CT molecular complexity index is 163. The molecule has 0 aromatic carbocycles. The third-order valence-corrected chi connectivity index (χ3v) is 2.16. The Morgan fingerprint density at radius 1 is 1.33 bits per heavy atom. The maximum Gasteiger partial charge on any atom is 0.219 e. The lowest BCUT2D eigenvalue weighted by Crippen LogP contribution is -2.24. The zero-order valence-electron chi connectivity index (χ0n) is 9.47. The van der Waals surface area contributed by atoms with Crippen LogP contribution in [-0.4, -0.2) is 30.3 Å². The molecule has 2 N–H and O–H groups in total. The predicted octanol–water partition coefficient (Wildman–Crippen LogP) is 1.79. The summed E-state index contributed by atoms with van der Waals surface area (Å²) in [7, 11) is 0. The second kappa shape index (κ2) is 9.90. The van der Waals surface area contributed by atoms with E-state index >= 15 is 0 Å². The highest BCUT2D eigenvalue weighted by Gasteiger charge is 2.01. The van der Waals surface area contributed by atoms with Gasteiger partial charge in [0.25, 0.3) is 0 Å². The van der Waals surface area contributed by atoms with Gasteiger partial charge in [0.1, 0.15) is 0 Å². The van der Waals surface area contributed by atoms with Crippen molar-refractivity contribution >= 4 is 5.91 Å². The van der Waals surface area contributed by atoms with Crippen LogP contribution >= 0.6 is 0 Å². The summed E-state index contributed by atoms with van der Waals surface area (Å²) < 4.78 is 11.7. The van der Waals surface area contributed by atoms with E-state index in [4.69, 9.17) is 5.11 Å². The van der Waals surface area contributed by atoms with Gasteiger partial charge >= 0.3 is 0 Å². The van der Waals surface area contributed by atoms with E-state index in [1.165, 1.54) is 0 Å². The SMILES string of the molecule is CC(O)CCCNC(=O)CCCCCF. The van der Waals surface area contributed by atoms with E-state index in [-0.39, 0.29) is 18.7 Å². The Kier molecular flexibility index (Phi) is 9.48. The first-order valence-corrected chi connectivity index (χ1v) is 5.67. The summed E-state index contributed by atoms with van der Waals surface area (Å²) in [6.45, 7) is 2.06. The van der Waals surface area contributed by atoms with Crippen molar-refractivity contribution in [3.63, 3.8) is 0 Å². The normalized spacial score (nSPS) is 12.5. The minimum absolute atomic E-state index is 0.0273. The Hall–Kier alpha value is -0.640. The van der Waals surface area contributed by atoms with Crippen LogP contribution in [0.5, 0.6) is 0 Å². The molecule has 0 heterocycles. The summed E-state index contributed by atoms with van der Waals surface area (Å²) >= 11 is 0. The van der Waals surface area contributed by atoms with Crippen LogP contribution in [0.2, 0.25) is 0 Å². The van der Waals surface area contributed by atoms with E-state index in [9.17, 15) is 9.18 Å². The Morgan fingerprint density at radius 3 is 2.67 bits per heavy atom. The number of hydrogen-bond acceptors (Lipinski definition) is 2. The number of nitrogens with one attached hydrogen (secondary N) is 1. The van der Waals surface area contributed by atoms with Crippen LogP contribution in [-0.2, 0) is 4.79 Å². The third-order valence-electron chi connectivity index (χ3n) is 2.16. The molecule has 0 rings (SSSR count).